The van der Waals surface area contributed by atoms with Gasteiger partial charge in [-0.05, 0) is 44.1 Å². The molecule has 0 bridgehead atoms. The van der Waals surface area contributed by atoms with Crippen molar-refractivity contribution < 1.29 is 4.79 Å². The van der Waals surface area contributed by atoms with E-state index >= 15 is 0 Å². The second-order valence-corrected chi connectivity index (χ2v) is 4.85. The summed E-state index contributed by atoms with van der Waals surface area (Å²) in [7, 11) is 0. The zero-order valence-corrected chi connectivity index (χ0v) is 11.1. The van der Waals surface area contributed by atoms with Gasteiger partial charge in [0.2, 0.25) is 0 Å². The fourth-order valence-corrected chi connectivity index (χ4v) is 2.33. The molecule has 0 spiro atoms. The lowest BCUT2D eigenvalue weighted by molar-refractivity contribution is 0.0924. The van der Waals surface area contributed by atoms with Gasteiger partial charge in [0.05, 0.1) is 5.69 Å². The van der Waals surface area contributed by atoms with Gasteiger partial charge in [0.1, 0.15) is 5.69 Å². The highest BCUT2D eigenvalue weighted by molar-refractivity contribution is 5.92. The fraction of sp³-hybridized carbons (Fsp3) is 0.357. The molecule has 1 aliphatic heterocycles. The Labute approximate surface area is 117 Å². The van der Waals surface area contributed by atoms with Gasteiger partial charge in [0.25, 0.3) is 5.91 Å². The highest BCUT2D eigenvalue weighted by Gasteiger charge is 2.17. The third-order valence-electron chi connectivity index (χ3n) is 3.42. The zero-order valence-electron chi connectivity index (χ0n) is 11.1. The van der Waals surface area contributed by atoms with E-state index in [4.69, 9.17) is 0 Å². The Morgan fingerprint density at radius 2 is 2.20 bits per heavy atom. The van der Waals surface area contributed by atoms with Crippen molar-refractivity contribution in [3.63, 3.8) is 0 Å². The van der Waals surface area contributed by atoms with E-state index in [1.807, 2.05) is 18.3 Å². The van der Waals surface area contributed by atoms with Gasteiger partial charge in [0, 0.05) is 24.6 Å². The van der Waals surface area contributed by atoms with Crippen molar-refractivity contribution in [2.45, 2.75) is 18.9 Å². The second-order valence-electron chi connectivity index (χ2n) is 4.85. The SMILES string of the molecule is O=C(NC1CCNCC1)c1cc(-n2cccn2)ccn1. The van der Waals surface area contributed by atoms with Crippen LogP contribution in [0, 0.1) is 0 Å². The van der Waals surface area contributed by atoms with Crippen molar-refractivity contribution in [2.24, 2.45) is 0 Å². The van der Waals surface area contributed by atoms with Crippen molar-refractivity contribution in [3.05, 3.63) is 42.5 Å². The average Bonchev–Trinajstić information content (AvgIpc) is 3.03. The van der Waals surface area contributed by atoms with Gasteiger partial charge in [0.15, 0.2) is 0 Å². The van der Waals surface area contributed by atoms with Crippen molar-refractivity contribution in [1.29, 1.82) is 0 Å². The van der Waals surface area contributed by atoms with Crippen molar-refractivity contribution in [1.82, 2.24) is 25.4 Å². The van der Waals surface area contributed by atoms with E-state index in [-0.39, 0.29) is 11.9 Å². The van der Waals surface area contributed by atoms with Crippen molar-refractivity contribution in [2.75, 3.05) is 13.1 Å². The van der Waals surface area contributed by atoms with E-state index in [0.717, 1.165) is 31.6 Å². The van der Waals surface area contributed by atoms with Gasteiger partial charge in [-0.15, -0.1) is 0 Å². The van der Waals surface area contributed by atoms with Crippen LogP contribution in [0.5, 0.6) is 0 Å². The maximum atomic E-state index is 12.2. The molecule has 1 amide bonds. The largest absolute Gasteiger partial charge is 0.348 e. The molecular formula is C14H17N5O. The molecule has 0 atom stereocenters. The van der Waals surface area contributed by atoms with Crippen LogP contribution in [0.1, 0.15) is 23.3 Å². The highest BCUT2D eigenvalue weighted by Crippen LogP contribution is 2.08. The zero-order chi connectivity index (χ0) is 13.8. The number of amides is 1. The first-order valence-corrected chi connectivity index (χ1v) is 6.80. The molecule has 3 rings (SSSR count). The quantitative estimate of drug-likeness (QED) is 0.864. The number of carbonyl (C=O) groups excluding carboxylic acids is 1. The number of carbonyl (C=O) groups is 1. The third-order valence-corrected chi connectivity index (χ3v) is 3.42. The standard InChI is InChI=1S/C14H17N5O/c20-14(18-11-2-6-15-7-3-11)13-10-12(4-8-16-13)19-9-1-5-17-19/h1,4-5,8-11,15H,2-3,6-7H2,(H,18,20). The summed E-state index contributed by atoms with van der Waals surface area (Å²) in [5.41, 5.74) is 1.26. The Bertz CT molecular complexity index is 575. The number of pyridine rings is 1. The maximum absolute atomic E-state index is 12.2. The Hall–Kier alpha value is -2.21. The molecule has 0 aromatic carbocycles. The smallest absolute Gasteiger partial charge is 0.270 e. The Balaban J connectivity index is 1.73. The first-order chi connectivity index (χ1) is 9.83. The normalized spacial score (nSPS) is 16.0. The van der Waals surface area contributed by atoms with Gasteiger partial charge >= 0.3 is 0 Å². The fourth-order valence-electron chi connectivity index (χ4n) is 2.33. The monoisotopic (exact) mass is 271 g/mol. The van der Waals surface area contributed by atoms with Gasteiger partial charge in [-0.3, -0.25) is 9.78 Å². The van der Waals surface area contributed by atoms with E-state index in [9.17, 15) is 4.79 Å². The minimum Gasteiger partial charge on any atom is -0.348 e. The van der Waals surface area contributed by atoms with Crippen LogP contribution in [0.4, 0.5) is 0 Å². The predicted octanol–water partition coefficient (Wildman–Crippen LogP) is 0.749. The Morgan fingerprint density at radius 1 is 1.35 bits per heavy atom. The van der Waals surface area contributed by atoms with Crippen molar-refractivity contribution >= 4 is 5.91 Å². The van der Waals surface area contributed by atoms with Crippen molar-refractivity contribution in [3.8, 4) is 5.69 Å². The summed E-state index contributed by atoms with van der Waals surface area (Å²) >= 11 is 0. The molecule has 2 N–H and O–H groups in total. The number of nitrogens with zero attached hydrogens (tertiary/aromatic N) is 3. The molecule has 6 nitrogen and oxygen atoms in total. The highest BCUT2D eigenvalue weighted by atomic mass is 16.1. The minimum absolute atomic E-state index is 0.120. The van der Waals surface area contributed by atoms with Crippen LogP contribution in [0.2, 0.25) is 0 Å². The van der Waals surface area contributed by atoms with Gasteiger partial charge in [-0.25, -0.2) is 4.68 Å². The van der Waals surface area contributed by atoms with Gasteiger partial charge < -0.3 is 10.6 Å². The lowest BCUT2D eigenvalue weighted by atomic mass is 10.1. The molecule has 0 radical (unpaired) electrons. The molecule has 1 fully saturated rings. The van der Waals surface area contributed by atoms with E-state index in [0.29, 0.717) is 5.69 Å². The first-order valence-electron chi connectivity index (χ1n) is 6.80. The molecule has 0 unspecified atom stereocenters. The number of piperidine rings is 1. The lowest BCUT2D eigenvalue weighted by Crippen LogP contribution is -2.42. The summed E-state index contributed by atoms with van der Waals surface area (Å²) in [6.45, 7) is 1.90. The summed E-state index contributed by atoms with van der Waals surface area (Å²) in [4.78, 5) is 16.4. The number of hydrogen-bond donors (Lipinski definition) is 2. The molecule has 0 saturated carbocycles. The molecule has 3 heterocycles. The summed E-state index contributed by atoms with van der Waals surface area (Å²) in [5, 5.41) is 10.5. The Kier molecular flexibility index (Phi) is 3.73. The second kappa shape index (κ2) is 5.83. The van der Waals surface area contributed by atoms with Crippen LogP contribution in [-0.2, 0) is 0 Å². The molecule has 6 heteroatoms. The molecule has 0 aliphatic carbocycles. The molecule has 2 aromatic rings. The van der Waals surface area contributed by atoms with E-state index in [2.05, 4.69) is 20.7 Å². The molecule has 1 saturated heterocycles. The summed E-state index contributed by atoms with van der Waals surface area (Å²) in [6.07, 6.45) is 7.10. The van der Waals surface area contributed by atoms with E-state index < -0.39 is 0 Å². The molecule has 20 heavy (non-hydrogen) atoms. The van der Waals surface area contributed by atoms with Crippen LogP contribution in [0.3, 0.4) is 0 Å². The summed E-state index contributed by atoms with van der Waals surface area (Å²) in [6, 6.07) is 5.66. The van der Waals surface area contributed by atoms with Crippen LogP contribution >= 0.6 is 0 Å². The van der Waals surface area contributed by atoms with Crippen LogP contribution < -0.4 is 10.6 Å². The molecule has 1 aliphatic rings. The van der Waals surface area contributed by atoms with Crippen LogP contribution in [0.25, 0.3) is 5.69 Å². The summed E-state index contributed by atoms with van der Waals surface area (Å²) < 4.78 is 1.71. The van der Waals surface area contributed by atoms with Crippen LogP contribution in [0.15, 0.2) is 36.8 Å². The molecule has 2 aromatic heterocycles. The van der Waals surface area contributed by atoms with E-state index in [1.54, 1.807) is 23.1 Å². The van der Waals surface area contributed by atoms with Gasteiger partial charge in [-0.1, -0.05) is 0 Å². The Morgan fingerprint density at radius 3 is 2.95 bits per heavy atom. The average molecular weight is 271 g/mol. The number of aromatic nitrogens is 3. The number of hydrogen-bond acceptors (Lipinski definition) is 4. The first kappa shape index (κ1) is 12.8. The lowest BCUT2D eigenvalue weighted by Gasteiger charge is -2.23. The third kappa shape index (κ3) is 2.85. The predicted molar refractivity (Wildman–Crippen MR) is 74.7 cm³/mol. The molecular weight excluding hydrogens is 254 g/mol. The van der Waals surface area contributed by atoms with E-state index in [1.165, 1.54) is 0 Å². The topological polar surface area (TPSA) is 71.8 Å². The van der Waals surface area contributed by atoms with Gasteiger partial charge in [-0.2, -0.15) is 5.10 Å². The van der Waals surface area contributed by atoms with Crippen LogP contribution in [-0.4, -0.2) is 39.8 Å². The minimum atomic E-state index is -0.120. The summed E-state index contributed by atoms with van der Waals surface area (Å²) in [5.74, 6) is -0.120. The maximum Gasteiger partial charge on any atom is 0.270 e. The number of rotatable bonds is 3. The number of nitrogens with one attached hydrogen (secondary N) is 2. The molecule has 104 valence electrons.